The lowest BCUT2D eigenvalue weighted by Crippen LogP contribution is -2.39. The fraction of sp³-hybridized carbons (Fsp3) is 0.120. The fourth-order valence-corrected chi connectivity index (χ4v) is 4.85. The summed E-state index contributed by atoms with van der Waals surface area (Å²) in [6.07, 6.45) is 3.33. The lowest BCUT2D eigenvalue weighted by atomic mass is 10.0. The second-order valence-corrected chi connectivity index (χ2v) is 9.05. The molecule has 0 saturated heterocycles. The highest BCUT2D eigenvalue weighted by Gasteiger charge is 2.16. The van der Waals surface area contributed by atoms with Crippen molar-refractivity contribution < 1.29 is 15.0 Å². The molecule has 0 radical (unpaired) electrons. The maximum absolute atomic E-state index is 11.1. The van der Waals surface area contributed by atoms with Gasteiger partial charge in [0.15, 0.2) is 5.82 Å². The van der Waals surface area contributed by atoms with Crippen LogP contribution in [-0.4, -0.2) is 43.2 Å². The summed E-state index contributed by atoms with van der Waals surface area (Å²) in [7, 11) is 0. The van der Waals surface area contributed by atoms with Crippen LogP contribution in [0.3, 0.4) is 0 Å². The molecule has 0 amide bonds. The Morgan fingerprint density at radius 2 is 1.89 bits per heavy atom. The van der Waals surface area contributed by atoms with E-state index in [1.54, 1.807) is 12.4 Å². The van der Waals surface area contributed by atoms with Gasteiger partial charge < -0.3 is 15.5 Å². The highest BCUT2D eigenvalue weighted by molar-refractivity contribution is 7.13. The van der Waals surface area contributed by atoms with E-state index >= 15 is 0 Å². The quantitative estimate of drug-likeness (QED) is 0.236. The van der Waals surface area contributed by atoms with Gasteiger partial charge in [0.25, 0.3) is 0 Å². The van der Waals surface area contributed by atoms with E-state index in [2.05, 4.69) is 25.0 Å². The molecule has 0 fully saturated rings. The van der Waals surface area contributed by atoms with E-state index in [0.29, 0.717) is 17.4 Å². The van der Waals surface area contributed by atoms with Crippen molar-refractivity contribution in [3.05, 3.63) is 77.6 Å². The van der Waals surface area contributed by atoms with Gasteiger partial charge in [-0.3, -0.25) is 20.1 Å². The molecule has 0 aliphatic rings. The first kappa shape index (κ1) is 23.1. The van der Waals surface area contributed by atoms with Crippen LogP contribution in [-0.2, 0) is 11.3 Å². The molecule has 1 atom stereocenters. The maximum atomic E-state index is 11.1. The number of benzene rings is 3. The van der Waals surface area contributed by atoms with Crippen LogP contribution in [0.5, 0.6) is 0 Å². The molecule has 3 aromatic carbocycles. The van der Waals surface area contributed by atoms with Gasteiger partial charge in [0, 0.05) is 29.9 Å². The Morgan fingerprint density at radius 1 is 1.06 bits per heavy atom. The summed E-state index contributed by atoms with van der Waals surface area (Å²) in [6.45, 7) is -0.156. The van der Waals surface area contributed by atoms with Gasteiger partial charge in [-0.05, 0) is 53.0 Å². The molecule has 8 nitrogen and oxygen atoms in total. The average Bonchev–Trinajstić information content (AvgIpc) is 3.27. The summed E-state index contributed by atoms with van der Waals surface area (Å²) >= 11 is 8.14. The van der Waals surface area contributed by atoms with E-state index in [9.17, 15) is 9.90 Å². The molecular weight excluding hydrogens is 486 g/mol. The summed E-state index contributed by atoms with van der Waals surface area (Å²) in [5.41, 5.74) is 5.05. The number of nitrogens with one attached hydrogen (secondary N) is 2. The van der Waals surface area contributed by atoms with E-state index in [4.69, 9.17) is 16.7 Å². The average molecular weight is 506 g/mol. The largest absolute Gasteiger partial charge is 0.480 e. The molecular formula is C25H20ClN5O3S. The van der Waals surface area contributed by atoms with E-state index in [1.807, 2.05) is 54.6 Å². The lowest BCUT2D eigenvalue weighted by molar-refractivity contribution is -0.140. The lowest BCUT2D eigenvalue weighted by Gasteiger charge is -2.12. The number of aliphatic carboxylic acids is 1. The second-order valence-electron chi connectivity index (χ2n) is 7.87. The maximum Gasteiger partial charge on any atom is 0.323 e. The van der Waals surface area contributed by atoms with Gasteiger partial charge in [0.1, 0.15) is 6.04 Å². The number of hydrogen-bond donors (Lipinski definition) is 4. The summed E-state index contributed by atoms with van der Waals surface area (Å²) in [6, 6.07) is 16.4. The van der Waals surface area contributed by atoms with E-state index in [1.165, 1.54) is 11.5 Å². The van der Waals surface area contributed by atoms with Crippen molar-refractivity contribution in [1.29, 1.82) is 0 Å². The Labute approximate surface area is 209 Å². The molecule has 0 saturated carbocycles. The summed E-state index contributed by atoms with van der Waals surface area (Å²) in [5, 5.41) is 25.9. The monoisotopic (exact) mass is 505 g/mol. The third-order valence-electron chi connectivity index (χ3n) is 5.60. The first-order valence-corrected chi connectivity index (χ1v) is 11.9. The summed E-state index contributed by atoms with van der Waals surface area (Å²) in [4.78, 5) is 19.8. The number of carbonyl (C=O) groups is 1. The standard InChI is InChI=1S/C25H20ClN5O3S/c26-23-16(15-5-7-18-20(11-15)28-9-8-27-18)2-1-3-19(23)30-24-17-6-4-14(10-22(17)35-31-24)12-29-21(13-32)25(33)34/h1-11,21,29,32H,12-13H2,(H,30,31)(H,33,34)/t21-/m0/s1. The molecule has 0 aliphatic heterocycles. The van der Waals surface area contributed by atoms with Crippen LogP contribution in [0.2, 0.25) is 5.02 Å². The zero-order valence-electron chi connectivity index (χ0n) is 18.3. The molecule has 10 heteroatoms. The van der Waals surface area contributed by atoms with Gasteiger partial charge in [-0.15, -0.1) is 0 Å². The van der Waals surface area contributed by atoms with Crippen molar-refractivity contribution >= 4 is 61.7 Å². The van der Waals surface area contributed by atoms with Crippen molar-refractivity contribution in [2.24, 2.45) is 0 Å². The van der Waals surface area contributed by atoms with Gasteiger partial charge in [0.2, 0.25) is 0 Å². The number of nitrogens with zero attached hydrogens (tertiary/aromatic N) is 3. The molecule has 5 aromatic rings. The van der Waals surface area contributed by atoms with E-state index in [-0.39, 0.29) is 0 Å². The van der Waals surface area contributed by atoms with Crippen LogP contribution in [0.4, 0.5) is 11.5 Å². The molecule has 4 N–H and O–H groups in total. The molecule has 0 bridgehead atoms. The molecule has 35 heavy (non-hydrogen) atoms. The number of fused-ring (bicyclic) bond motifs is 2. The Hall–Kier alpha value is -3.63. The van der Waals surface area contributed by atoms with Crippen molar-refractivity contribution in [1.82, 2.24) is 19.7 Å². The summed E-state index contributed by atoms with van der Waals surface area (Å²) in [5.74, 6) is -0.403. The zero-order chi connectivity index (χ0) is 24.4. The number of rotatable bonds is 8. The Balaban J connectivity index is 1.39. The minimum Gasteiger partial charge on any atom is -0.480 e. The van der Waals surface area contributed by atoms with Crippen LogP contribution in [0.1, 0.15) is 5.56 Å². The van der Waals surface area contributed by atoms with Crippen molar-refractivity contribution in [3.8, 4) is 11.1 Å². The van der Waals surface area contributed by atoms with Crippen LogP contribution < -0.4 is 10.6 Å². The van der Waals surface area contributed by atoms with Crippen LogP contribution >= 0.6 is 23.1 Å². The van der Waals surface area contributed by atoms with Gasteiger partial charge >= 0.3 is 5.97 Å². The zero-order valence-corrected chi connectivity index (χ0v) is 19.8. The van der Waals surface area contributed by atoms with Crippen LogP contribution in [0.25, 0.3) is 32.2 Å². The highest BCUT2D eigenvalue weighted by atomic mass is 35.5. The van der Waals surface area contributed by atoms with Gasteiger partial charge in [-0.1, -0.05) is 35.9 Å². The minimum absolute atomic E-state index is 0.318. The third-order valence-corrected chi connectivity index (χ3v) is 6.82. The Kier molecular flexibility index (Phi) is 6.56. The van der Waals surface area contributed by atoms with Crippen LogP contribution in [0, 0.1) is 0 Å². The number of anilines is 2. The Morgan fingerprint density at radius 3 is 2.69 bits per heavy atom. The molecule has 0 aliphatic carbocycles. The van der Waals surface area contributed by atoms with Gasteiger partial charge in [-0.2, -0.15) is 4.37 Å². The van der Waals surface area contributed by atoms with Crippen LogP contribution in [0.15, 0.2) is 67.0 Å². The van der Waals surface area contributed by atoms with Crippen molar-refractivity contribution in [2.45, 2.75) is 12.6 Å². The molecule has 0 unspecified atom stereocenters. The first-order chi connectivity index (χ1) is 17.0. The van der Waals surface area contributed by atoms with E-state index < -0.39 is 18.6 Å². The predicted octanol–water partition coefficient (Wildman–Crippen LogP) is 4.84. The Bertz CT molecular complexity index is 1540. The molecule has 5 rings (SSSR count). The normalized spacial score (nSPS) is 12.2. The smallest absolute Gasteiger partial charge is 0.323 e. The number of halogens is 1. The topological polar surface area (TPSA) is 120 Å². The second kappa shape index (κ2) is 9.93. The number of aromatic nitrogens is 3. The van der Waals surface area contributed by atoms with Crippen molar-refractivity contribution in [2.75, 3.05) is 11.9 Å². The fourth-order valence-electron chi connectivity index (χ4n) is 3.76. The summed E-state index contributed by atoms with van der Waals surface area (Å²) < 4.78 is 5.50. The van der Waals surface area contributed by atoms with E-state index in [0.717, 1.165) is 43.5 Å². The predicted molar refractivity (Wildman–Crippen MR) is 138 cm³/mol. The number of carboxylic acids is 1. The SMILES string of the molecule is O=C(O)[C@H](CO)NCc1ccc2c(Nc3cccc(-c4ccc5nccnc5c4)c3Cl)nsc2c1. The number of aliphatic hydroxyl groups is 1. The van der Waals surface area contributed by atoms with Crippen molar-refractivity contribution in [3.63, 3.8) is 0 Å². The van der Waals surface area contributed by atoms with Gasteiger partial charge in [-0.25, -0.2) is 0 Å². The number of aliphatic hydroxyl groups excluding tert-OH is 1. The highest BCUT2D eigenvalue weighted by Crippen LogP contribution is 2.37. The molecule has 0 spiro atoms. The number of hydrogen-bond acceptors (Lipinski definition) is 8. The first-order valence-electron chi connectivity index (χ1n) is 10.8. The third kappa shape index (κ3) is 4.80. The minimum atomic E-state index is -1.09. The molecule has 2 aromatic heterocycles. The molecule has 2 heterocycles. The number of carboxylic acid groups (broad SMARTS) is 1. The molecule has 176 valence electrons. The van der Waals surface area contributed by atoms with Gasteiger partial charge in [0.05, 0.1) is 33.1 Å².